The molecule has 1 aliphatic heterocycles. The first-order chi connectivity index (χ1) is 5.77. The van der Waals surface area contributed by atoms with Gasteiger partial charge < -0.3 is 9.73 Å². The Hall–Kier alpha value is -0.280. The van der Waals surface area contributed by atoms with Crippen LogP contribution in [0, 0.1) is 0 Å². The summed E-state index contributed by atoms with van der Waals surface area (Å²) in [6, 6.07) is 2.09. The Balaban J connectivity index is 2.38. The molecule has 0 aromatic carbocycles. The minimum atomic E-state index is 0.567. The Bertz CT molecular complexity index is 282. The van der Waals surface area contributed by atoms with Crippen LogP contribution in [0.2, 0.25) is 0 Å². The lowest BCUT2D eigenvalue weighted by Gasteiger charge is -2.05. The van der Waals surface area contributed by atoms with Crippen molar-refractivity contribution >= 4 is 15.9 Å². The molecular formula is C9H12BrNO. The van der Waals surface area contributed by atoms with Gasteiger partial charge in [0.25, 0.3) is 0 Å². The van der Waals surface area contributed by atoms with Crippen LogP contribution >= 0.6 is 15.9 Å². The van der Waals surface area contributed by atoms with Gasteiger partial charge in [0.1, 0.15) is 5.76 Å². The second-order valence-corrected chi connectivity index (χ2v) is 4.07. The summed E-state index contributed by atoms with van der Waals surface area (Å²) >= 11 is 3.36. The first kappa shape index (κ1) is 8.32. The van der Waals surface area contributed by atoms with Gasteiger partial charge in [-0.1, -0.05) is 6.92 Å². The molecule has 2 rings (SSSR count). The topological polar surface area (TPSA) is 25.2 Å². The average molecular weight is 230 g/mol. The summed E-state index contributed by atoms with van der Waals surface area (Å²) in [6.07, 6.45) is 1.01. The molecule has 12 heavy (non-hydrogen) atoms. The summed E-state index contributed by atoms with van der Waals surface area (Å²) in [5, 5.41) is 3.37. The third-order valence-corrected chi connectivity index (χ3v) is 2.71. The molecule has 1 unspecified atom stereocenters. The number of fused-ring (bicyclic) bond motifs is 1. The largest absolute Gasteiger partial charge is 0.454 e. The van der Waals surface area contributed by atoms with Crippen LogP contribution in [0.3, 0.4) is 0 Å². The molecule has 66 valence electrons. The lowest BCUT2D eigenvalue weighted by Crippen LogP contribution is -2.18. The highest BCUT2D eigenvalue weighted by molar-refractivity contribution is 9.10. The molecule has 0 saturated heterocycles. The highest BCUT2D eigenvalue weighted by atomic mass is 79.9. The van der Waals surface area contributed by atoms with E-state index in [4.69, 9.17) is 4.42 Å². The van der Waals surface area contributed by atoms with Crippen molar-refractivity contribution in [3.05, 3.63) is 22.1 Å². The van der Waals surface area contributed by atoms with Crippen LogP contribution < -0.4 is 5.32 Å². The molecule has 2 nitrogen and oxygen atoms in total. The normalized spacial score (nSPS) is 23.3. The van der Waals surface area contributed by atoms with Crippen molar-refractivity contribution in [2.24, 2.45) is 0 Å². The molecule has 0 aliphatic carbocycles. The summed E-state index contributed by atoms with van der Waals surface area (Å²) in [7, 11) is 0. The van der Waals surface area contributed by atoms with Crippen molar-refractivity contribution in [3.8, 4) is 0 Å². The Morgan fingerprint density at radius 3 is 3.33 bits per heavy atom. The summed E-state index contributed by atoms with van der Waals surface area (Å²) in [5.74, 6) is 1.71. The Kier molecular flexibility index (Phi) is 2.24. The summed E-state index contributed by atoms with van der Waals surface area (Å²) < 4.78 is 6.40. The first-order valence-electron chi connectivity index (χ1n) is 4.26. The quantitative estimate of drug-likeness (QED) is 0.739. The Morgan fingerprint density at radius 2 is 2.50 bits per heavy atom. The zero-order valence-corrected chi connectivity index (χ0v) is 8.65. The lowest BCUT2D eigenvalue weighted by molar-refractivity contribution is 0.484. The van der Waals surface area contributed by atoms with Crippen LogP contribution in [-0.4, -0.2) is 13.1 Å². The van der Waals surface area contributed by atoms with Crippen LogP contribution in [0.15, 0.2) is 15.2 Å². The number of nitrogens with one attached hydrogen (secondary N) is 1. The number of furan rings is 1. The molecule has 0 bridgehead atoms. The maximum atomic E-state index is 5.53. The maximum Gasteiger partial charge on any atom is 0.169 e. The third-order valence-electron chi connectivity index (χ3n) is 2.32. The van der Waals surface area contributed by atoms with E-state index in [0.29, 0.717) is 5.92 Å². The van der Waals surface area contributed by atoms with E-state index in [-0.39, 0.29) is 0 Å². The fourth-order valence-electron chi connectivity index (χ4n) is 1.65. The van der Waals surface area contributed by atoms with Crippen LogP contribution in [0.25, 0.3) is 0 Å². The van der Waals surface area contributed by atoms with Crippen molar-refractivity contribution in [2.45, 2.75) is 19.3 Å². The van der Waals surface area contributed by atoms with E-state index in [1.165, 1.54) is 5.56 Å². The minimum Gasteiger partial charge on any atom is -0.454 e. The van der Waals surface area contributed by atoms with Gasteiger partial charge in [-0.15, -0.1) is 0 Å². The molecule has 0 spiro atoms. The minimum absolute atomic E-state index is 0.567. The van der Waals surface area contributed by atoms with Gasteiger partial charge in [0.05, 0.1) is 0 Å². The van der Waals surface area contributed by atoms with Crippen molar-refractivity contribution in [1.82, 2.24) is 5.32 Å². The summed E-state index contributed by atoms with van der Waals surface area (Å²) in [5.41, 5.74) is 1.35. The molecule has 2 heterocycles. The first-order valence-corrected chi connectivity index (χ1v) is 5.05. The lowest BCUT2D eigenvalue weighted by atomic mass is 10.0. The zero-order valence-electron chi connectivity index (χ0n) is 7.06. The molecule has 0 amide bonds. The van der Waals surface area contributed by atoms with E-state index in [1.807, 2.05) is 0 Å². The van der Waals surface area contributed by atoms with Crippen molar-refractivity contribution in [1.29, 1.82) is 0 Å². The average Bonchev–Trinajstić information content (AvgIpc) is 2.33. The molecule has 0 radical (unpaired) electrons. The molecule has 1 aromatic heterocycles. The van der Waals surface area contributed by atoms with E-state index in [2.05, 4.69) is 34.2 Å². The van der Waals surface area contributed by atoms with Gasteiger partial charge >= 0.3 is 0 Å². The molecular weight excluding hydrogens is 218 g/mol. The van der Waals surface area contributed by atoms with Gasteiger partial charge in [-0.2, -0.15) is 0 Å². The van der Waals surface area contributed by atoms with Crippen molar-refractivity contribution in [2.75, 3.05) is 13.1 Å². The van der Waals surface area contributed by atoms with Crippen molar-refractivity contribution < 1.29 is 4.42 Å². The molecule has 3 heteroatoms. The second kappa shape index (κ2) is 3.23. The monoisotopic (exact) mass is 229 g/mol. The van der Waals surface area contributed by atoms with Gasteiger partial charge in [-0.05, 0) is 33.5 Å². The SMILES string of the molecule is CC1CNCCc2oc(Br)cc21. The van der Waals surface area contributed by atoms with Crippen LogP contribution in [0.5, 0.6) is 0 Å². The number of halogens is 1. The summed E-state index contributed by atoms with van der Waals surface area (Å²) in [4.78, 5) is 0. The van der Waals surface area contributed by atoms with E-state index in [0.717, 1.165) is 29.9 Å². The molecule has 1 atom stereocenters. The highest BCUT2D eigenvalue weighted by Crippen LogP contribution is 2.28. The maximum absolute atomic E-state index is 5.53. The summed E-state index contributed by atoms with van der Waals surface area (Å²) in [6.45, 7) is 4.30. The predicted octanol–water partition coefficient (Wildman–Crippen LogP) is 2.29. The van der Waals surface area contributed by atoms with Crippen LogP contribution in [-0.2, 0) is 6.42 Å². The van der Waals surface area contributed by atoms with Gasteiger partial charge in [-0.3, -0.25) is 0 Å². The van der Waals surface area contributed by atoms with Gasteiger partial charge in [0.2, 0.25) is 0 Å². The van der Waals surface area contributed by atoms with E-state index in [1.54, 1.807) is 0 Å². The zero-order chi connectivity index (χ0) is 8.55. The molecule has 1 aliphatic rings. The van der Waals surface area contributed by atoms with Gasteiger partial charge in [0.15, 0.2) is 4.67 Å². The predicted molar refractivity (Wildman–Crippen MR) is 51.4 cm³/mol. The Labute approximate surface area is 80.5 Å². The standard InChI is InChI=1S/C9H12BrNO/c1-6-5-11-3-2-8-7(6)4-9(10)12-8/h4,6,11H,2-3,5H2,1H3. The molecule has 1 aromatic rings. The number of rotatable bonds is 0. The fourth-order valence-corrected chi connectivity index (χ4v) is 2.09. The van der Waals surface area contributed by atoms with E-state index >= 15 is 0 Å². The number of hydrogen-bond donors (Lipinski definition) is 1. The van der Waals surface area contributed by atoms with Gasteiger partial charge in [-0.25, -0.2) is 0 Å². The van der Waals surface area contributed by atoms with Crippen LogP contribution in [0.1, 0.15) is 24.2 Å². The smallest absolute Gasteiger partial charge is 0.169 e. The second-order valence-electron chi connectivity index (χ2n) is 3.28. The third kappa shape index (κ3) is 1.43. The van der Waals surface area contributed by atoms with E-state index in [9.17, 15) is 0 Å². The van der Waals surface area contributed by atoms with Gasteiger partial charge in [0, 0.05) is 19.5 Å². The Morgan fingerprint density at radius 1 is 1.67 bits per heavy atom. The fraction of sp³-hybridized carbons (Fsp3) is 0.556. The van der Waals surface area contributed by atoms with Crippen molar-refractivity contribution in [3.63, 3.8) is 0 Å². The van der Waals surface area contributed by atoms with E-state index < -0.39 is 0 Å². The molecule has 0 fully saturated rings. The molecule has 1 N–H and O–H groups in total. The molecule has 0 saturated carbocycles. The van der Waals surface area contributed by atoms with Crippen LogP contribution in [0.4, 0.5) is 0 Å². The highest BCUT2D eigenvalue weighted by Gasteiger charge is 2.18. The number of hydrogen-bond acceptors (Lipinski definition) is 2.